The molecule has 0 saturated carbocycles. The number of amides is 2. The van der Waals surface area contributed by atoms with Gasteiger partial charge in [0.1, 0.15) is 23.9 Å². The molecule has 2 aliphatic rings. The van der Waals surface area contributed by atoms with Crippen molar-refractivity contribution in [3.05, 3.63) is 77.9 Å². The molecule has 212 valence electrons. The maximum atomic E-state index is 14.2. The number of nitrogens with zero attached hydrogens (tertiary/aromatic N) is 4. The minimum atomic E-state index is -0.959. The number of hydrogen-bond donors (Lipinski definition) is 1. The maximum absolute atomic E-state index is 14.2. The summed E-state index contributed by atoms with van der Waals surface area (Å²) in [7, 11) is 1.57. The monoisotopic (exact) mass is 557 g/mol. The zero-order valence-electron chi connectivity index (χ0n) is 22.7. The van der Waals surface area contributed by atoms with Crippen LogP contribution in [0.2, 0.25) is 0 Å². The van der Waals surface area contributed by atoms with Crippen molar-refractivity contribution in [1.29, 1.82) is 0 Å². The fourth-order valence-electron chi connectivity index (χ4n) is 5.21. The molecule has 11 nitrogen and oxygen atoms in total. The first kappa shape index (κ1) is 26.6. The van der Waals surface area contributed by atoms with Crippen LogP contribution < -0.4 is 19.5 Å². The molecule has 0 bridgehead atoms. The van der Waals surface area contributed by atoms with E-state index >= 15 is 0 Å². The van der Waals surface area contributed by atoms with Crippen LogP contribution in [0.1, 0.15) is 30.0 Å². The average Bonchev–Trinajstić information content (AvgIpc) is 3.77. The Labute approximate surface area is 236 Å². The summed E-state index contributed by atoms with van der Waals surface area (Å²) < 4.78 is 23.8. The topological polar surface area (TPSA) is 117 Å². The lowest BCUT2D eigenvalue weighted by atomic mass is 10.0. The largest absolute Gasteiger partial charge is 0.497 e. The van der Waals surface area contributed by atoms with E-state index in [1.54, 1.807) is 28.8 Å². The molecular formula is C30H31N5O6. The van der Waals surface area contributed by atoms with Gasteiger partial charge in [0.25, 0.3) is 0 Å². The molecule has 4 aromatic rings. The molecule has 6 rings (SSSR count). The number of fused-ring (bicyclic) bond motifs is 2. The van der Waals surface area contributed by atoms with Gasteiger partial charge in [-0.25, -0.2) is 4.68 Å². The molecule has 0 unspecified atom stereocenters. The predicted molar refractivity (Wildman–Crippen MR) is 148 cm³/mol. The Morgan fingerprint density at radius 3 is 2.83 bits per heavy atom. The quantitative estimate of drug-likeness (QED) is 0.316. The summed E-state index contributed by atoms with van der Waals surface area (Å²) in [6.45, 7) is 1.21. The highest BCUT2D eigenvalue weighted by atomic mass is 16.7. The lowest BCUT2D eigenvalue weighted by molar-refractivity contribution is -0.142. The smallest absolute Gasteiger partial charge is 0.247 e. The molecule has 1 saturated heterocycles. The molecule has 2 atom stereocenters. The summed E-state index contributed by atoms with van der Waals surface area (Å²) >= 11 is 0. The fraction of sp³-hybridized carbons (Fsp3) is 0.333. The van der Waals surface area contributed by atoms with Gasteiger partial charge in [-0.3, -0.25) is 9.59 Å². The van der Waals surface area contributed by atoms with E-state index in [2.05, 4.69) is 15.6 Å². The van der Waals surface area contributed by atoms with Crippen LogP contribution >= 0.6 is 0 Å². The van der Waals surface area contributed by atoms with E-state index in [0.29, 0.717) is 41.5 Å². The number of hydrogen-bond acceptors (Lipinski definition) is 8. The van der Waals surface area contributed by atoms with Crippen LogP contribution in [0.4, 0.5) is 0 Å². The van der Waals surface area contributed by atoms with Gasteiger partial charge in [-0.2, -0.15) is 0 Å². The Bertz CT molecular complexity index is 1550. The zero-order valence-corrected chi connectivity index (χ0v) is 22.7. The van der Waals surface area contributed by atoms with Gasteiger partial charge < -0.3 is 29.2 Å². The SMILES string of the molecule is COc1cccc([C@@H](C(=O)NC[C@H]2CCCO2)N(Cc2ccc3c(c2)OCO3)C(=O)Cn2nnc3ccccc32)c1. The van der Waals surface area contributed by atoms with E-state index in [4.69, 9.17) is 18.9 Å². The number of rotatable bonds is 10. The number of benzene rings is 3. The van der Waals surface area contributed by atoms with Crippen LogP contribution in [0, 0.1) is 0 Å². The van der Waals surface area contributed by atoms with Gasteiger partial charge in [0.15, 0.2) is 11.5 Å². The van der Waals surface area contributed by atoms with Gasteiger partial charge in [-0.05, 0) is 60.4 Å². The highest BCUT2D eigenvalue weighted by Crippen LogP contribution is 2.34. The number of para-hydroxylation sites is 1. The third-order valence-corrected chi connectivity index (χ3v) is 7.31. The minimum Gasteiger partial charge on any atom is -0.497 e. The second-order valence-electron chi connectivity index (χ2n) is 10.0. The number of methoxy groups -OCH3 is 1. The summed E-state index contributed by atoms with van der Waals surface area (Å²) in [4.78, 5) is 29.7. The van der Waals surface area contributed by atoms with Gasteiger partial charge in [0.2, 0.25) is 18.6 Å². The zero-order chi connectivity index (χ0) is 28.2. The molecule has 2 aliphatic heterocycles. The molecule has 11 heteroatoms. The van der Waals surface area contributed by atoms with E-state index in [-0.39, 0.29) is 37.8 Å². The van der Waals surface area contributed by atoms with E-state index in [1.807, 2.05) is 54.6 Å². The molecule has 0 radical (unpaired) electrons. The van der Waals surface area contributed by atoms with Crippen molar-refractivity contribution in [2.24, 2.45) is 0 Å². The van der Waals surface area contributed by atoms with Crippen molar-refractivity contribution < 1.29 is 28.5 Å². The lowest BCUT2D eigenvalue weighted by Crippen LogP contribution is -2.46. The van der Waals surface area contributed by atoms with E-state index < -0.39 is 6.04 Å². The van der Waals surface area contributed by atoms with Crippen LogP contribution in [0.3, 0.4) is 0 Å². The van der Waals surface area contributed by atoms with E-state index in [0.717, 1.165) is 23.9 Å². The summed E-state index contributed by atoms with van der Waals surface area (Å²) in [6.07, 6.45) is 1.79. The second kappa shape index (κ2) is 11.8. The van der Waals surface area contributed by atoms with E-state index in [9.17, 15) is 9.59 Å². The van der Waals surface area contributed by atoms with Gasteiger partial charge >= 0.3 is 0 Å². The minimum absolute atomic E-state index is 0.0515. The molecule has 1 N–H and O–H groups in total. The first-order valence-electron chi connectivity index (χ1n) is 13.6. The van der Waals surface area contributed by atoms with Crippen LogP contribution in [0.15, 0.2) is 66.7 Å². The summed E-state index contributed by atoms with van der Waals surface area (Å²) in [5.74, 6) is 1.19. The molecule has 3 aromatic carbocycles. The Morgan fingerprint density at radius 1 is 1.10 bits per heavy atom. The van der Waals surface area contributed by atoms with Crippen molar-refractivity contribution >= 4 is 22.8 Å². The molecule has 3 heterocycles. The first-order valence-corrected chi connectivity index (χ1v) is 13.6. The highest BCUT2D eigenvalue weighted by molar-refractivity contribution is 5.89. The normalized spacial score (nSPS) is 16.5. The third kappa shape index (κ3) is 5.80. The van der Waals surface area contributed by atoms with Crippen LogP contribution in [0.25, 0.3) is 11.0 Å². The summed E-state index contributed by atoms with van der Waals surface area (Å²) in [5, 5.41) is 11.4. The number of aromatic nitrogens is 3. The van der Waals surface area contributed by atoms with Gasteiger partial charge in [0, 0.05) is 19.7 Å². The van der Waals surface area contributed by atoms with Crippen molar-refractivity contribution in [1.82, 2.24) is 25.2 Å². The Kier molecular flexibility index (Phi) is 7.68. The summed E-state index contributed by atoms with van der Waals surface area (Å²) in [5.41, 5.74) is 2.81. The van der Waals surface area contributed by atoms with Gasteiger partial charge in [0.05, 0.1) is 18.7 Å². The van der Waals surface area contributed by atoms with Crippen LogP contribution in [-0.2, 0) is 27.4 Å². The standard InChI is InChI=1S/C30H31N5O6/c1-38-22-7-4-6-21(15-22)29(30(37)31-16-23-8-5-13-39-23)34(17-20-11-12-26-27(14-20)41-19-40-26)28(36)18-35-25-10-3-2-9-24(25)32-33-35/h2-4,6-7,9-12,14-15,23,29H,5,8,13,16-19H2,1H3,(H,31,37)/t23-,29+/m1/s1. The fourth-order valence-corrected chi connectivity index (χ4v) is 5.21. The van der Waals surface area contributed by atoms with Gasteiger partial charge in [-0.1, -0.05) is 35.5 Å². The molecular weight excluding hydrogens is 526 g/mol. The Balaban J connectivity index is 1.37. The van der Waals surface area contributed by atoms with Gasteiger partial charge in [-0.15, -0.1) is 5.10 Å². The Hall–Kier alpha value is -4.64. The number of carbonyl (C=O) groups excluding carboxylic acids is 2. The first-order chi connectivity index (χ1) is 20.1. The Morgan fingerprint density at radius 2 is 1.98 bits per heavy atom. The average molecular weight is 558 g/mol. The lowest BCUT2D eigenvalue weighted by Gasteiger charge is -2.32. The third-order valence-electron chi connectivity index (χ3n) is 7.31. The van der Waals surface area contributed by atoms with E-state index in [1.165, 1.54) is 0 Å². The predicted octanol–water partition coefficient (Wildman–Crippen LogP) is 3.23. The van der Waals surface area contributed by atoms with Crippen LogP contribution in [-0.4, -0.2) is 64.9 Å². The molecule has 1 fully saturated rings. The maximum Gasteiger partial charge on any atom is 0.247 e. The van der Waals surface area contributed by atoms with Crippen LogP contribution in [0.5, 0.6) is 17.2 Å². The summed E-state index contributed by atoms with van der Waals surface area (Å²) in [6, 6.07) is 19.2. The number of carbonyl (C=O) groups is 2. The molecule has 0 aliphatic carbocycles. The molecule has 41 heavy (non-hydrogen) atoms. The molecule has 2 amide bonds. The molecule has 0 spiro atoms. The second-order valence-corrected chi connectivity index (χ2v) is 10.0. The van der Waals surface area contributed by atoms with Crippen molar-refractivity contribution in [3.8, 4) is 17.2 Å². The van der Waals surface area contributed by atoms with Crippen molar-refractivity contribution in [3.63, 3.8) is 0 Å². The number of nitrogens with one attached hydrogen (secondary N) is 1. The van der Waals surface area contributed by atoms with Crippen molar-refractivity contribution in [2.75, 3.05) is 27.1 Å². The molecule has 1 aromatic heterocycles. The highest BCUT2D eigenvalue weighted by Gasteiger charge is 2.33. The number of ether oxygens (including phenoxy) is 4. The van der Waals surface area contributed by atoms with Crippen molar-refractivity contribution in [2.45, 2.75) is 38.1 Å².